The molecule has 12 heavy (non-hydrogen) atoms. The summed E-state index contributed by atoms with van der Waals surface area (Å²) in [6.45, 7) is 0. The molecule has 0 aliphatic carbocycles. The van der Waals surface area contributed by atoms with Crippen LogP contribution >= 0.6 is 0 Å². The maximum absolute atomic E-state index is 10.4. The van der Waals surface area contributed by atoms with E-state index in [0.29, 0.717) is 12.7 Å². The van der Waals surface area contributed by atoms with E-state index in [1.807, 2.05) is 0 Å². The summed E-state index contributed by atoms with van der Waals surface area (Å²) in [5, 5.41) is 0. The van der Waals surface area contributed by atoms with E-state index in [-0.39, 0.29) is 18.2 Å². The fourth-order valence-electron chi connectivity index (χ4n) is 1.06. The van der Waals surface area contributed by atoms with Crippen molar-refractivity contribution in [2.24, 2.45) is 0 Å². The Hall–Kier alpha value is -0.870. The Balaban J connectivity index is 2.63. The zero-order valence-corrected chi connectivity index (χ0v) is 7.15. The van der Waals surface area contributed by atoms with Crippen molar-refractivity contribution in [2.75, 3.05) is 14.2 Å². The van der Waals surface area contributed by atoms with Crippen LogP contribution in [0.4, 0.5) is 0 Å². The molecule has 0 spiro atoms. The molecule has 1 rings (SSSR count). The molecule has 2 atom stereocenters. The largest absolute Gasteiger partial charge is 0.462 e. The first-order valence-corrected chi connectivity index (χ1v) is 3.69. The number of aldehydes is 1. The van der Waals surface area contributed by atoms with Gasteiger partial charge in [-0.3, -0.25) is 4.79 Å². The number of ether oxygens (including phenoxy) is 3. The van der Waals surface area contributed by atoms with Crippen molar-refractivity contribution in [3.63, 3.8) is 0 Å². The molecule has 1 heterocycles. The molecule has 4 nitrogen and oxygen atoms in total. The van der Waals surface area contributed by atoms with Gasteiger partial charge in [0.15, 0.2) is 12.0 Å². The Morgan fingerprint density at radius 1 is 1.58 bits per heavy atom. The lowest BCUT2D eigenvalue weighted by atomic mass is 10.2. The summed E-state index contributed by atoms with van der Waals surface area (Å²) >= 11 is 0. The predicted octanol–water partition coefficient (Wildman–Crippen LogP) is 0.477. The average Bonchev–Trinajstić information content (AvgIpc) is 2.16. The van der Waals surface area contributed by atoms with Crippen molar-refractivity contribution in [2.45, 2.75) is 18.8 Å². The molecule has 0 bridgehead atoms. The zero-order chi connectivity index (χ0) is 8.97. The van der Waals surface area contributed by atoms with Gasteiger partial charge < -0.3 is 14.2 Å². The van der Waals surface area contributed by atoms with Crippen molar-refractivity contribution < 1.29 is 19.0 Å². The Morgan fingerprint density at radius 2 is 2.33 bits per heavy atom. The quantitative estimate of drug-likeness (QED) is 0.581. The molecule has 1 aliphatic rings. The van der Waals surface area contributed by atoms with E-state index in [2.05, 4.69) is 0 Å². The average molecular weight is 172 g/mol. The van der Waals surface area contributed by atoms with E-state index in [4.69, 9.17) is 14.2 Å². The third-order valence-electron chi connectivity index (χ3n) is 1.72. The van der Waals surface area contributed by atoms with Crippen LogP contribution in [0.5, 0.6) is 0 Å². The molecular weight excluding hydrogens is 160 g/mol. The lowest BCUT2D eigenvalue weighted by Crippen LogP contribution is -2.28. The number of hydrogen-bond donors (Lipinski definition) is 0. The highest BCUT2D eigenvalue weighted by Crippen LogP contribution is 2.18. The molecular formula is C8H12O4. The predicted molar refractivity (Wildman–Crippen MR) is 41.4 cm³/mol. The van der Waals surface area contributed by atoms with Crippen LogP contribution in [-0.4, -0.2) is 32.9 Å². The standard InChI is InChI=1S/C8H12O4/c1-10-6-3-7(5-9)12-8(4-6)11-2/h3,5-6,8H,4H2,1-2H3. The molecule has 1 aliphatic heterocycles. The van der Waals surface area contributed by atoms with Gasteiger partial charge in [-0.2, -0.15) is 0 Å². The van der Waals surface area contributed by atoms with Crippen molar-refractivity contribution >= 4 is 6.29 Å². The van der Waals surface area contributed by atoms with Crippen LogP contribution < -0.4 is 0 Å². The number of allylic oxidation sites excluding steroid dienone is 1. The summed E-state index contributed by atoms with van der Waals surface area (Å²) in [6.07, 6.45) is 2.44. The molecule has 68 valence electrons. The second kappa shape index (κ2) is 4.23. The number of methoxy groups -OCH3 is 2. The van der Waals surface area contributed by atoms with Crippen LogP contribution in [0, 0.1) is 0 Å². The van der Waals surface area contributed by atoms with Gasteiger partial charge in [0.05, 0.1) is 6.10 Å². The van der Waals surface area contributed by atoms with E-state index in [9.17, 15) is 4.79 Å². The summed E-state index contributed by atoms with van der Waals surface area (Å²) in [6, 6.07) is 0. The minimum absolute atomic E-state index is 0.0936. The van der Waals surface area contributed by atoms with Crippen molar-refractivity contribution in [3.8, 4) is 0 Å². The maximum Gasteiger partial charge on any atom is 0.202 e. The van der Waals surface area contributed by atoms with E-state index in [1.165, 1.54) is 7.11 Å². The third-order valence-corrected chi connectivity index (χ3v) is 1.72. The molecule has 4 heteroatoms. The molecule has 0 amide bonds. The van der Waals surface area contributed by atoms with E-state index < -0.39 is 0 Å². The smallest absolute Gasteiger partial charge is 0.202 e. The summed E-state index contributed by atoms with van der Waals surface area (Å²) in [5.74, 6) is 0.278. The highest BCUT2D eigenvalue weighted by Gasteiger charge is 2.22. The summed E-state index contributed by atoms with van der Waals surface area (Å²) in [4.78, 5) is 10.4. The maximum atomic E-state index is 10.4. The molecule has 0 saturated heterocycles. The van der Waals surface area contributed by atoms with E-state index >= 15 is 0 Å². The van der Waals surface area contributed by atoms with Crippen LogP contribution in [0.1, 0.15) is 6.42 Å². The van der Waals surface area contributed by atoms with Crippen LogP contribution in [0.3, 0.4) is 0 Å². The van der Waals surface area contributed by atoms with Crippen LogP contribution in [0.25, 0.3) is 0 Å². The van der Waals surface area contributed by atoms with Gasteiger partial charge in [0.25, 0.3) is 0 Å². The molecule has 0 aromatic heterocycles. The Morgan fingerprint density at radius 3 is 2.83 bits per heavy atom. The lowest BCUT2D eigenvalue weighted by molar-refractivity contribution is -0.137. The molecule has 0 radical (unpaired) electrons. The first-order chi connectivity index (χ1) is 5.80. The fourth-order valence-corrected chi connectivity index (χ4v) is 1.06. The number of carbonyl (C=O) groups excluding carboxylic acids is 1. The topological polar surface area (TPSA) is 44.8 Å². The number of rotatable bonds is 3. The molecule has 0 aromatic carbocycles. The van der Waals surface area contributed by atoms with Gasteiger partial charge in [0.2, 0.25) is 6.29 Å². The highest BCUT2D eigenvalue weighted by atomic mass is 16.7. The fraction of sp³-hybridized carbons (Fsp3) is 0.625. The van der Waals surface area contributed by atoms with E-state index in [0.717, 1.165) is 0 Å². The summed E-state index contributed by atoms with van der Waals surface area (Å²) in [5.41, 5.74) is 0. The van der Waals surface area contributed by atoms with Crippen LogP contribution in [0.15, 0.2) is 11.8 Å². The van der Waals surface area contributed by atoms with E-state index in [1.54, 1.807) is 13.2 Å². The zero-order valence-electron chi connectivity index (χ0n) is 7.15. The van der Waals surface area contributed by atoms with Gasteiger partial charge in [-0.15, -0.1) is 0 Å². The number of carbonyl (C=O) groups is 1. The summed E-state index contributed by atoms with van der Waals surface area (Å²) in [7, 11) is 3.12. The minimum atomic E-state index is -0.375. The van der Waals surface area contributed by atoms with Crippen LogP contribution in [0.2, 0.25) is 0 Å². The Bertz CT molecular complexity index is 187. The first kappa shape index (κ1) is 9.22. The van der Waals surface area contributed by atoms with Gasteiger partial charge in [-0.1, -0.05) is 0 Å². The molecule has 2 unspecified atom stereocenters. The van der Waals surface area contributed by atoms with Crippen molar-refractivity contribution in [3.05, 3.63) is 11.8 Å². The van der Waals surface area contributed by atoms with Crippen molar-refractivity contribution in [1.82, 2.24) is 0 Å². The van der Waals surface area contributed by atoms with Gasteiger partial charge >= 0.3 is 0 Å². The monoisotopic (exact) mass is 172 g/mol. The molecule has 0 saturated carbocycles. The van der Waals surface area contributed by atoms with Crippen molar-refractivity contribution in [1.29, 1.82) is 0 Å². The second-order valence-electron chi connectivity index (χ2n) is 2.48. The lowest BCUT2D eigenvalue weighted by Gasteiger charge is -2.25. The van der Waals surface area contributed by atoms with Gasteiger partial charge in [-0.25, -0.2) is 0 Å². The van der Waals surface area contributed by atoms with Gasteiger partial charge in [0, 0.05) is 20.6 Å². The Labute approximate surface area is 71.1 Å². The molecule has 0 N–H and O–H groups in total. The molecule has 0 fully saturated rings. The number of hydrogen-bond acceptors (Lipinski definition) is 4. The Kier molecular flexibility index (Phi) is 3.25. The first-order valence-electron chi connectivity index (χ1n) is 3.69. The third kappa shape index (κ3) is 2.06. The minimum Gasteiger partial charge on any atom is -0.462 e. The SMILES string of the molecule is COC1C=C(C=O)OC(OC)C1. The highest BCUT2D eigenvalue weighted by molar-refractivity contribution is 5.70. The second-order valence-corrected chi connectivity index (χ2v) is 2.48. The van der Waals surface area contributed by atoms with Gasteiger partial charge in [0.1, 0.15) is 0 Å². The van der Waals surface area contributed by atoms with Gasteiger partial charge in [-0.05, 0) is 6.08 Å². The normalized spacial score (nSPS) is 29.0. The summed E-state index contributed by atoms with van der Waals surface area (Å²) < 4.78 is 15.1. The molecule has 0 aromatic rings. The van der Waals surface area contributed by atoms with Crippen LogP contribution in [-0.2, 0) is 19.0 Å².